The Hall–Kier alpha value is -3.65. The van der Waals surface area contributed by atoms with Gasteiger partial charge in [-0.3, -0.25) is 0 Å². The van der Waals surface area contributed by atoms with Gasteiger partial charge in [0.05, 0.1) is 7.11 Å². The maximum atomic E-state index is 13.8. The maximum Gasteiger partial charge on any atom is 0.493 e. The average molecular weight is 583 g/mol. The van der Waals surface area contributed by atoms with E-state index >= 15 is 0 Å². The molecule has 14 heteroatoms. The minimum absolute atomic E-state index is 0.00209. The van der Waals surface area contributed by atoms with Crippen molar-refractivity contribution in [3.63, 3.8) is 0 Å². The van der Waals surface area contributed by atoms with E-state index in [4.69, 9.17) is 4.74 Å². The quantitative estimate of drug-likeness (QED) is 0.259. The Balaban J connectivity index is 2.10. The number of halogens is 3. The second kappa shape index (κ2) is 10.2. The maximum absolute atomic E-state index is 13.8. The van der Waals surface area contributed by atoms with Crippen LogP contribution >= 0.6 is 11.3 Å². The number of thiophene rings is 1. The number of fused-ring (bicyclic) bond motifs is 1. The van der Waals surface area contributed by atoms with E-state index in [2.05, 4.69) is 14.8 Å². The number of ether oxygens (including phenoxy) is 1. The van der Waals surface area contributed by atoms with Gasteiger partial charge in [0.1, 0.15) is 22.1 Å². The van der Waals surface area contributed by atoms with Gasteiger partial charge in [0.15, 0.2) is 5.03 Å². The second-order valence-corrected chi connectivity index (χ2v) is 11.8. The summed E-state index contributed by atoms with van der Waals surface area (Å²) in [7, 11) is -1.92. The van der Waals surface area contributed by atoms with Crippen LogP contribution in [-0.4, -0.2) is 42.2 Å². The van der Waals surface area contributed by atoms with E-state index in [0.29, 0.717) is 27.4 Å². The molecule has 3 heterocycles. The van der Waals surface area contributed by atoms with Gasteiger partial charge in [-0.15, -0.1) is 11.3 Å². The molecule has 0 saturated heterocycles. The third kappa shape index (κ3) is 5.30. The van der Waals surface area contributed by atoms with Crippen LogP contribution in [0.5, 0.6) is 5.75 Å². The standard InChI is InChI=1S/C25H25F3N4O5S2/c1-13(2)22-20(16-8-7-9-17(11-16)36-6)21-18(10-14(3)29-23(21)38-22)32(37-24(33)25(26,27)28)39(34,35)19-12-31(5)15(4)30-19/h7-13H,1-6H3. The number of imidazole rings is 1. The molecule has 0 atom stereocenters. The fourth-order valence-electron chi connectivity index (χ4n) is 3.92. The first kappa shape index (κ1) is 28.4. The Labute approximate surface area is 226 Å². The number of rotatable bonds is 7. The number of carbonyl (C=O) groups is 1. The zero-order valence-electron chi connectivity index (χ0n) is 21.8. The average Bonchev–Trinajstić information content (AvgIpc) is 3.41. The Morgan fingerprint density at radius 1 is 1.15 bits per heavy atom. The van der Waals surface area contributed by atoms with E-state index in [1.165, 1.54) is 43.1 Å². The molecule has 0 saturated carbocycles. The van der Waals surface area contributed by atoms with E-state index in [-0.39, 0.29) is 27.3 Å². The number of methoxy groups -OCH3 is 1. The number of sulfonamides is 1. The molecule has 3 aromatic heterocycles. The molecule has 0 aliphatic rings. The molecule has 0 N–H and O–H groups in total. The van der Waals surface area contributed by atoms with Crippen molar-refractivity contribution in [1.82, 2.24) is 14.5 Å². The van der Waals surface area contributed by atoms with Crippen molar-refractivity contribution in [2.24, 2.45) is 7.05 Å². The van der Waals surface area contributed by atoms with Gasteiger partial charge in [-0.25, -0.2) is 14.8 Å². The number of carbonyl (C=O) groups excluding carboxylic acids is 1. The van der Waals surface area contributed by atoms with Crippen LogP contribution in [0.15, 0.2) is 41.6 Å². The summed E-state index contributed by atoms with van der Waals surface area (Å²) in [5.74, 6) is -1.98. The van der Waals surface area contributed by atoms with Crippen molar-refractivity contribution in [2.75, 3.05) is 11.6 Å². The summed E-state index contributed by atoms with van der Waals surface area (Å²) in [6, 6.07) is 8.21. The van der Waals surface area contributed by atoms with E-state index < -0.39 is 27.2 Å². The Bertz CT molecular complexity index is 1660. The number of aryl methyl sites for hydroxylation is 3. The molecule has 0 amide bonds. The first-order chi connectivity index (χ1) is 18.1. The molecule has 4 rings (SSSR count). The number of alkyl halides is 3. The number of hydrogen-bond donors (Lipinski definition) is 0. The van der Waals surface area contributed by atoms with E-state index in [0.717, 1.165) is 11.1 Å². The third-order valence-electron chi connectivity index (χ3n) is 5.84. The number of aromatic nitrogens is 3. The zero-order chi connectivity index (χ0) is 28.9. The fourth-order valence-corrected chi connectivity index (χ4v) is 6.46. The molecular weight excluding hydrogens is 557 g/mol. The normalized spacial score (nSPS) is 12.3. The van der Waals surface area contributed by atoms with Gasteiger partial charge >= 0.3 is 22.2 Å². The van der Waals surface area contributed by atoms with Crippen molar-refractivity contribution >= 4 is 43.2 Å². The Kier molecular flexibility index (Phi) is 7.38. The summed E-state index contributed by atoms with van der Waals surface area (Å²) in [5.41, 5.74) is 1.14. The highest BCUT2D eigenvalue weighted by Crippen LogP contribution is 2.47. The van der Waals surface area contributed by atoms with E-state index in [1.54, 1.807) is 31.2 Å². The number of hydrogen-bond acceptors (Lipinski definition) is 8. The van der Waals surface area contributed by atoms with Crippen LogP contribution in [0, 0.1) is 13.8 Å². The SMILES string of the molecule is COc1cccc(-c2c(C(C)C)sc3nc(C)cc(N(OC(=O)C(F)(F)F)S(=O)(=O)c4cn(C)c(C)n4)c23)c1. The van der Waals surface area contributed by atoms with Crippen molar-refractivity contribution in [3.8, 4) is 16.9 Å². The highest BCUT2D eigenvalue weighted by atomic mass is 32.2. The van der Waals surface area contributed by atoms with Crippen LogP contribution in [0.25, 0.3) is 21.3 Å². The van der Waals surface area contributed by atoms with Gasteiger partial charge in [0.25, 0.3) is 0 Å². The molecule has 0 unspecified atom stereocenters. The van der Waals surface area contributed by atoms with Crippen molar-refractivity contribution in [3.05, 3.63) is 52.9 Å². The van der Waals surface area contributed by atoms with Crippen LogP contribution in [-0.2, 0) is 26.7 Å². The van der Waals surface area contributed by atoms with Crippen LogP contribution in [0.2, 0.25) is 0 Å². The number of anilines is 1. The molecule has 9 nitrogen and oxygen atoms in total. The van der Waals surface area contributed by atoms with Crippen LogP contribution in [0.4, 0.5) is 18.9 Å². The molecule has 0 radical (unpaired) electrons. The monoisotopic (exact) mass is 582 g/mol. The predicted molar refractivity (Wildman–Crippen MR) is 140 cm³/mol. The van der Waals surface area contributed by atoms with Crippen molar-refractivity contribution in [2.45, 2.75) is 44.8 Å². The van der Waals surface area contributed by atoms with Gasteiger partial charge in [0.2, 0.25) is 0 Å². The van der Waals surface area contributed by atoms with Gasteiger partial charge in [-0.05, 0) is 43.5 Å². The topological polar surface area (TPSA) is 104 Å². The smallest absolute Gasteiger partial charge is 0.493 e. The number of benzene rings is 1. The van der Waals surface area contributed by atoms with Gasteiger partial charge in [-0.1, -0.05) is 30.4 Å². The van der Waals surface area contributed by atoms with Crippen LogP contribution in [0.3, 0.4) is 0 Å². The summed E-state index contributed by atoms with van der Waals surface area (Å²) >= 11 is 1.27. The highest BCUT2D eigenvalue weighted by Gasteiger charge is 2.46. The fraction of sp³-hybridized carbons (Fsp3) is 0.320. The summed E-state index contributed by atoms with van der Waals surface area (Å²) in [6.45, 7) is 6.93. The lowest BCUT2D eigenvalue weighted by molar-refractivity contribution is -0.199. The highest BCUT2D eigenvalue weighted by molar-refractivity contribution is 7.92. The molecule has 39 heavy (non-hydrogen) atoms. The van der Waals surface area contributed by atoms with E-state index in [1.807, 2.05) is 13.8 Å². The lowest BCUT2D eigenvalue weighted by atomic mass is 9.97. The lowest BCUT2D eigenvalue weighted by Gasteiger charge is -2.23. The number of nitrogens with zero attached hydrogens (tertiary/aromatic N) is 4. The zero-order valence-corrected chi connectivity index (χ0v) is 23.5. The predicted octanol–water partition coefficient (Wildman–Crippen LogP) is 5.66. The Morgan fingerprint density at radius 3 is 2.41 bits per heavy atom. The summed E-state index contributed by atoms with van der Waals surface area (Å²) in [4.78, 5) is 26.3. The molecular formula is C25H25F3N4O5S2. The van der Waals surface area contributed by atoms with Gasteiger partial charge in [0, 0.05) is 34.8 Å². The van der Waals surface area contributed by atoms with Gasteiger partial charge < -0.3 is 14.1 Å². The lowest BCUT2D eigenvalue weighted by Crippen LogP contribution is -2.39. The Morgan fingerprint density at radius 2 is 1.85 bits per heavy atom. The summed E-state index contributed by atoms with van der Waals surface area (Å²) in [5, 5.41) is -0.393. The minimum atomic E-state index is -5.47. The first-order valence-electron chi connectivity index (χ1n) is 11.6. The molecule has 4 aromatic rings. The van der Waals surface area contributed by atoms with Crippen LogP contribution < -0.4 is 9.21 Å². The minimum Gasteiger partial charge on any atom is -0.497 e. The molecule has 0 spiro atoms. The summed E-state index contributed by atoms with van der Waals surface area (Å²) < 4.78 is 74.4. The largest absolute Gasteiger partial charge is 0.497 e. The third-order valence-corrected chi connectivity index (χ3v) is 8.66. The summed E-state index contributed by atoms with van der Waals surface area (Å²) in [6.07, 6.45) is -4.34. The first-order valence-corrected chi connectivity index (χ1v) is 13.8. The molecule has 0 aliphatic carbocycles. The molecule has 1 aromatic carbocycles. The number of pyridine rings is 1. The van der Waals surface area contributed by atoms with E-state index in [9.17, 15) is 26.4 Å². The molecule has 0 fully saturated rings. The second-order valence-electron chi connectivity index (χ2n) is 9.04. The molecule has 0 aliphatic heterocycles. The van der Waals surface area contributed by atoms with Crippen molar-refractivity contribution in [1.29, 1.82) is 0 Å². The van der Waals surface area contributed by atoms with Crippen LogP contribution in [0.1, 0.15) is 36.2 Å². The van der Waals surface area contributed by atoms with Gasteiger partial charge in [-0.2, -0.15) is 21.6 Å². The molecule has 208 valence electrons. The molecule has 0 bridgehead atoms. The van der Waals surface area contributed by atoms with Crippen molar-refractivity contribution < 1.29 is 36.0 Å².